The van der Waals surface area contributed by atoms with Crippen LogP contribution in [0.25, 0.3) is 21.7 Å². The molecule has 1 atom stereocenters. The van der Waals surface area contributed by atoms with E-state index in [0.717, 1.165) is 5.52 Å². The van der Waals surface area contributed by atoms with E-state index in [4.69, 9.17) is 4.98 Å². The summed E-state index contributed by atoms with van der Waals surface area (Å²) in [7, 11) is 0. The molecule has 1 heterocycles. The molecule has 0 fully saturated rings. The van der Waals surface area contributed by atoms with Gasteiger partial charge in [0.2, 0.25) is 0 Å². The highest BCUT2D eigenvalue weighted by Gasteiger charge is 2.09. The molecule has 2 aromatic carbocycles. The van der Waals surface area contributed by atoms with Crippen LogP contribution in [0, 0.1) is 0 Å². The molecule has 0 bridgehead atoms. The van der Waals surface area contributed by atoms with Crippen molar-refractivity contribution in [2.24, 2.45) is 0 Å². The Bertz CT molecular complexity index is 730. The van der Waals surface area contributed by atoms with E-state index in [1.807, 2.05) is 0 Å². The highest BCUT2D eigenvalue weighted by Crippen LogP contribution is 2.27. The maximum atomic E-state index is 4.96. The molecule has 0 saturated carbocycles. The monoisotopic (exact) mass is 263 g/mol. The Kier molecular flexibility index (Phi) is 3.68. The van der Waals surface area contributed by atoms with Crippen LogP contribution in [0.3, 0.4) is 0 Å². The van der Waals surface area contributed by atoms with Gasteiger partial charge in [-0.05, 0) is 23.8 Å². The van der Waals surface area contributed by atoms with Crippen LogP contribution in [0.2, 0.25) is 0 Å². The average molecular weight is 263 g/mol. The summed E-state index contributed by atoms with van der Waals surface area (Å²) in [6.45, 7) is 4.53. The molecule has 1 unspecified atom stereocenters. The van der Waals surface area contributed by atoms with E-state index in [1.165, 1.54) is 41.1 Å². The molecule has 1 heteroatoms. The molecule has 0 aliphatic heterocycles. The second-order valence-corrected chi connectivity index (χ2v) is 5.64. The van der Waals surface area contributed by atoms with Crippen molar-refractivity contribution in [1.29, 1.82) is 0 Å². The number of nitrogens with zero attached hydrogens (tertiary/aromatic N) is 1. The Labute approximate surface area is 120 Å². The van der Waals surface area contributed by atoms with Gasteiger partial charge in [-0.15, -0.1) is 0 Å². The van der Waals surface area contributed by atoms with E-state index in [-0.39, 0.29) is 0 Å². The van der Waals surface area contributed by atoms with Gasteiger partial charge < -0.3 is 0 Å². The summed E-state index contributed by atoms with van der Waals surface area (Å²) in [5.41, 5.74) is 2.37. The minimum Gasteiger partial charge on any atom is -0.252 e. The number of pyridine rings is 1. The summed E-state index contributed by atoms with van der Waals surface area (Å²) < 4.78 is 0. The van der Waals surface area contributed by atoms with Crippen molar-refractivity contribution < 1.29 is 0 Å². The number of fused-ring (bicyclic) bond motifs is 3. The second kappa shape index (κ2) is 5.62. The predicted molar refractivity (Wildman–Crippen MR) is 87.2 cm³/mol. The summed E-state index contributed by atoms with van der Waals surface area (Å²) >= 11 is 0. The van der Waals surface area contributed by atoms with Crippen molar-refractivity contribution in [2.45, 2.75) is 39.0 Å². The molecule has 0 aliphatic carbocycles. The Morgan fingerprint density at radius 2 is 1.70 bits per heavy atom. The number of hydrogen-bond acceptors (Lipinski definition) is 1. The Hall–Kier alpha value is -1.89. The lowest BCUT2D eigenvalue weighted by Gasteiger charge is -2.12. The molecule has 3 aromatic rings. The minimum atomic E-state index is 0.540. The second-order valence-electron chi connectivity index (χ2n) is 5.64. The van der Waals surface area contributed by atoms with Crippen molar-refractivity contribution in [3.63, 3.8) is 0 Å². The fourth-order valence-corrected chi connectivity index (χ4v) is 2.81. The van der Waals surface area contributed by atoms with E-state index in [9.17, 15) is 0 Å². The standard InChI is InChI=1S/C19H21N/c1-3-4-7-14(2)18-13-12-16-11-10-15-8-5-6-9-17(15)19(16)20-18/h5-6,8-14H,3-4,7H2,1-2H3. The molecule has 3 rings (SSSR count). The van der Waals surface area contributed by atoms with Crippen LogP contribution in [0.4, 0.5) is 0 Å². The lowest BCUT2D eigenvalue weighted by atomic mass is 9.98. The molecular formula is C19H21N. The molecule has 20 heavy (non-hydrogen) atoms. The zero-order valence-electron chi connectivity index (χ0n) is 12.3. The molecule has 1 nitrogen and oxygen atoms in total. The van der Waals surface area contributed by atoms with Crippen LogP contribution in [-0.4, -0.2) is 4.98 Å². The first kappa shape index (κ1) is 13.1. The third-order valence-corrected chi connectivity index (χ3v) is 4.10. The fourth-order valence-electron chi connectivity index (χ4n) is 2.81. The number of hydrogen-bond donors (Lipinski definition) is 0. The van der Waals surface area contributed by atoms with Crippen LogP contribution < -0.4 is 0 Å². The molecular weight excluding hydrogens is 242 g/mol. The number of unbranched alkanes of at least 4 members (excludes halogenated alkanes) is 1. The largest absolute Gasteiger partial charge is 0.252 e. The molecule has 0 aliphatic rings. The van der Waals surface area contributed by atoms with Crippen LogP contribution in [0.5, 0.6) is 0 Å². The van der Waals surface area contributed by atoms with E-state index < -0.39 is 0 Å². The summed E-state index contributed by atoms with van der Waals surface area (Å²) in [4.78, 5) is 4.96. The van der Waals surface area contributed by atoms with E-state index in [1.54, 1.807) is 0 Å². The lowest BCUT2D eigenvalue weighted by molar-refractivity contribution is 0.613. The van der Waals surface area contributed by atoms with Gasteiger partial charge in [0.25, 0.3) is 0 Å². The van der Waals surface area contributed by atoms with E-state index >= 15 is 0 Å². The van der Waals surface area contributed by atoms with Crippen LogP contribution in [0.15, 0.2) is 48.5 Å². The molecule has 1 aromatic heterocycles. The summed E-state index contributed by atoms with van der Waals surface area (Å²) in [6.07, 6.45) is 3.75. The van der Waals surface area contributed by atoms with Crippen LogP contribution >= 0.6 is 0 Å². The number of rotatable bonds is 4. The predicted octanol–water partition coefficient (Wildman–Crippen LogP) is 5.68. The average Bonchev–Trinajstić information content (AvgIpc) is 2.52. The molecule has 102 valence electrons. The highest BCUT2D eigenvalue weighted by atomic mass is 14.7. The number of aromatic nitrogens is 1. The van der Waals surface area contributed by atoms with E-state index in [0.29, 0.717) is 5.92 Å². The summed E-state index contributed by atoms with van der Waals surface area (Å²) in [6, 6.07) is 17.3. The van der Waals surface area contributed by atoms with Gasteiger partial charge in [0.05, 0.1) is 5.52 Å². The van der Waals surface area contributed by atoms with Crippen molar-refractivity contribution >= 4 is 21.7 Å². The Morgan fingerprint density at radius 3 is 2.55 bits per heavy atom. The summed E-state index contributed by atoms with van der Waals surface area (Å²) in [5.74, 6) is 0.540. The van der Waals surface area contributed by atoms with Gasteiger partial charge in [-0.25, -0.2) is 0 Å². The molecule has 0 amide bonds. The zero-order valence-corrected chi connectivity index (χ0v) is 12.3. The Balaban J connectivity index is 2.11. The van der Waals surface area contributed by atoms with E-state index in [2.05, 4.69) is 62.4 Å². The molecule has 0 spiro atoms. The van der Waals surface area contributed by atoms with Gasteiger partial charge in [-0.3, -0.25) is 4.98 Å². The van der Waals surface area contributed by atoms with Crippen molar-refractivity contribution in [3.05, 3.63) is 54.2 Å². The van der Waals surface area contributed by atoms with Gasteiger partial charge in [-0.1, -0.05) is 69.2 Å². The van der Waals surface area contributed by atoms with Crippen molar-refractivity contribution in [1.82, 2.24) is 4.98 Å². The SMILES string of the molecule is CCCCC(C)c1ccc2ccc3ccccc3c2n1. The van der Waals surface area contributed by atoms with Crippen LogP contribution in [0.1, 0.15) is 44.7 Å². The highest BCUT2D eigenvalue weighted by molar-refractivity contribution is 6.05. The van der Waals surface area contributed by atoms with Crippen molar-refractivity contribution in [3.8, 4) is 0 Å². The third-order valence-electron chi connectivity index (χ3n) is 4.10. The molecule has 0 N–H and O–H groups in total. The van der Waals surface area contributed by atoms with Gasteiger partial charge in [0, 0.05) is 16.5 Å². The smallest absolute Gasteiger partial charge is 0.0783 e. The Morgan fingerprint density at radius 1 is 0.950 bits per heavy atom. The first-order valence-corrected chi connectivity index (χ1v) is 7.58. The maximum absolute atomic E-state index is 4.96. The van der Waals surface area contributed by atoms with Crippen molar-refractivity contribution in [2.75, 3.05) is 0 Å². The quantitative estimate of drug-likeness (QED) is 0.552. The first-order valence-electron chi connectivity index (χ1n) is 7.58. The van der Waals surface area contributed by atoms with Gasteiger partial charge >= 0.3 is 0 Å². The van der Waals surface area contributed by atoms with Gasteiger partial charge in [-0.2, -0.15) is 0 Å². The van der Waals surface area contributed by atoms with Crippen LogP contribution in [-0.2, 0) is 0 Å². The lowest BCUT2D eigenvalue weighted by Crippen LogP contribution is -1.97. The normalized spacial score (nSPS) is 12.9. The maximum Gasteiger partial charge on any atom is 0.0783 e. The topological polar surface area (TPSA) is 12.9 Å². The minimum absolute atomic E-state index is 0.540. The first-order chi connectivity index (χ1) is 9.79. The molecule has 0 radical (unpaired) electrons. The molecule has 0 saturated heterocycles. The zero-order chi connectivity index (χ0) is 13.9. The fraction of sp³-hybridized carbons (Fsp3) is 0.316. The van der Waals surface area contributed by atoms with Gasteiger partial charge in [0.1, 0.15) is 0 Å². The third kappa shape index (κ3) is 2.40. The number of benzene rings is 2. The van der Waals surface area contributed by atoms with Gasteiger partial charge in [0.15, 0.2) is 0 Å². The summed E-state index contributed by atoms with van der Waals surface area (Å²) in [5, 5.41) is 3.76.